The van der Waals surface area contributed by atoms with Gasteiger partial charge in [-0.15, -0.1) is 0 Å². The molecule has 0 aromatic heterocycles. The van der Waals surface area contributed by atoms with Crippen LogP contribution in [0, 0.1) is 0 Å². The summed E-state index contributed by atoms with van der Waals surface area (Å²) in [5.74, 6) is -0.421. The Bertz CT molecular complexity index is 526. The Hall–Kier alpha value is -0.890. The van der Waals surface area contributed by atoms with Crippen molar-refractivity contribution in [3.8, 4) is 0 Å². The molecule has 0 aromatic carbocycles. The van der Waals surface area contributed by atoms with Crippen LogP contribution in [0.25, 0.3) is 0 Å². The van der Waals surface area contributed by atoms with Crippen molar-refractivity contribution in [1.29, 1.82) is 0 Å². The fourth-order valence-corrected chi connectivity index (χ4v) is 3.95. The minimum Gasteiger partial charge on any atom is -0.389 e. The maximum absolute atomic E-state index is 12.1. The molecule has 1 amide bonds. The van der Waals surface area contributed by atoms with E-state index in [-0.39, 0.29) is 18.7 Å². The van der Waals surface area contributed by atoms with Gasteiger partial charge in [-0.05, 0) is 19.8 Å². The zero-order valence-electron chi connectivity index (χ0n) is 16.7. The number of aliphatic hydroxyl groups excluding tert-OH is 2. The van der Waals surface area contributed by atoms with Gasteiger partial charge in [-0.25, -0.2) is 0 Å². The second-order valence-electron chi connectivity index (χ2n) is 7.70. The van der Waals surface area contributed by atoms with Crippen LogP contribution in [0.2, 0.25) is 0 Å². The summed E-state index contributed by atoms with van der Waals surface area (Å²) in [6.07, 6.45) is -4.16. The largest absolute Gasteiger partial charge is 0.389 e. The third kappa shape index (κ3) is 4.64. The van der Waals surface area contributed by atoms with Crippen LogP contribution in [0.15, 0.2) is 0 Å². The van der Waals surface area contributed by atoms with Crippen LogP contribution in [-0.4, -0.2) is 103 Å². The van der Waals surface area contributed by atoms with Crippen molar-refractivity contribution in [2.24, 2.45) is 22.9 Å². The second-order valence-corrected chi connectivity index (χ2v) is 7.70. The SMILES string of the molecule is COC1C(O)C(N)C(OC2OC(C(C)N)CCC2N)C(O)C1N(C)C(=O)CN. The maximum atomic E-state index is 12.1. The molecule has 1 saturated heterocycles. The van der Waals surface area contributed by atoms with E-state index >= 15 is 0 Å². The Morgan fingerprint density at radius 2 is 1.89 bits per heavy atom. The Kier molecular flexibility index (Phi) is 8.14. The number of nitrogens with zero attached hydrogens (tertiary/aromatic N) is 1. The van der Waals surface area contributed by atoms with E-state index in [1.165, 1.54) is 19.1 Å². The number of rotatable bonds is 6. The van der Waals surface area contributed by atoms with Crippen LogP contribution in [0.3, 0.4) is 0 Å². The molecule has 0 radical (unpaired) electrons. The number of amides is 1. The smallest absolute Gasteiger partial charge is 0.236 e. The van der Waals surface area contributed by atoms with Crippen molar-refractivity contribution in [3.63, 3.8) is 0 Å². The summed E-state index contributed by atoms with van der Waals surface area (Å²) in [6.45, 7) is 1.58. The van der Waals surface area contributed by atoms with E-state index in [1.807, 2.05) is 6.92 Å². The molecule has 0 bridgehead atoms. The lowest BCUT2D eigenvalue weighted by molar-refractivity contribution is -0.267. The minimum atomic E-state index is -1.25. The molecule has 11 nitrogen and oxygen atoms in total. The fraction of sp³-hybridized carbons (Fsp3) is 0.941. The lowest BCUT2D eigenvalue weighted by atomic mass is 9.80. The molecular weight excluding hydrogens is 370 g/mol. The fourth-order valence-electron chi connectivity index (χ4n) is 3.95. The second kappa shape index (κ2) is 9.74. The molecule has 1 aliphatic heterocycles. The molecule has 1 aliphatic carbocycles. The van der Waals surface area contributed by atoms with Gasteiger partial charge in [-0.2, -0.15) is 0 Å². The van der Waals surface area contributed by atoms with E-state index in [0.717, 1.165) is 0 Å². The molecule has 164 valence electrons. The molecule has 2 aliphatic rings. The van der Waals surface area contributed by atoms with Crippen LogP contribution < -0.4 is 22.9 Å². The molecule has 1 heterocycles. The first-order chi connectivity index (χ1) is 13.1. The molecule has 2 rings (SSSR count). The molecule has 2 fully saturated rings. The van der Waals surface area contributed by atoms with Crippen molar-refractivity contribution in [2.75, 3.05) is 20.7 Å². The van der Waals surface area contributed by atoms with E-state index in [4.69, 9.17) is 37.1 Å². The third-order valence-electron chi connectivity index (χ3n) is 5.74. The topological polar surface area (TPSA) is 193 Å². The predicted octanol–water partition coefficient (Wildman–Crippen LogP) is -3.59. The highest BCUT2D eigenvalue weighted by molar-refractivity contribution is 5.78. The molecule has 11 heteroatoms. The van der Waals surface area contributed by atoms with E-state index in [1.54, 1.807) is 0 Å². The predicted molar refractivity (Wildman–Crippen MR) is 101 cm³/mol. The quantitative estimate of drug-likeness (QED) is 0.257. The number of ether oxygens (including phenoxy) is 3. The number of methoxy groups -OCH3 is 1. The Morgan fingerprint density at radius 3 is 2.43 bits per heavy atom. The number of nitrogens with two attached hydrogens (primary N) is 4. The first-order valence-corrected chi connectivity index (χ1v) is 9.56. The molecule has 28 heavy (non-hydrogen) atoms. The molecular formula is C17H35N5O6. The van der Waals surface area contributed by atoms with Crippen molar-refractivity contribution in [2.45, 2.75) is 80.7 Å². The zero-order chi connectivity index (χ0) is 21.2. The highest BCUT2D eigenvalue weighted by atomic mass is 16.7. The average molecular weight is 405 g/mol. The van der Waals surface area contributed by atoms with Gasteiger partial charge in [0.2, 0.25) is 5.91 Å². The number of carbonyl (C=O) groups is 1. The van der Waals surface area contributed by atoms with Gasteiger partial charge in [0.15, 0.2) is 6.29 Å². The summed E-state index contributed by atoms with van der Waals surface area (Å²) in [6, 6.07) is -2.55. The van der Waals surface area contributed by atoms with Crippen molar-refractivity contribution in [1.82, 2.24) is 4.90 Å². The summed E-state index contributed by atoms with van der Waals surface area (Å²) < 4.78 is 17.1. The normalized spacial score (nSPS) is 42.8. The van der Waals surface area contributed by atoms with Crippen molar-refractivity contribution in [3.05, 3.63) is 0 Å². The standard InChI is InChI=1S/C17H35N5O6/c1-7(19)9-5-4-8(20)17(27-9)28-15-11(21)13(24)16(26-3)12(14(15)25)22(2)10(23)6-18/h7-9,11-17,24-25H,4-6,18-21H2,1-3H3. The van der Waals surface area contributed by atoms with Gasteiger partial charge in [-0.3, -0.25) is 4.79 Å². The van der Waals surface area contributed by atoms with Gasteiger partial charge in [0, 0.05) is 20.2 Å². The molecule has 10 N–H and O–H groups in total. The van der Waals surface area contributed by atoms with Gasteiger partial charge in [-0.1, -0.05) is 0 Å². The first-order valence-electron chi connectivity index (χ1n) is 9.56. The van der Waals surface area contributed by atoms with E-state index < -0.39 is 54.7 Å². The highest BCUT2D eigenvalue weighted by Gasteiger charge is 2.53. The summed E-state index contributed by atoms with van der Waals surface area (Å²) in [7, 11) is 2.85. The molecule has 0 aromatic rings. The average Bonchev–Trinajstić information content (AvgIpc) is 2.67. The minimum absolute atomic E-state index is 0.215. The lowest BCUT2D eigenvalue weighted by Crippen LogP contribution is -2.72. The number of carbonyl (C=O) groups excluding carboxylic acids is 1. The highest BCUT2D eigenvalue weighted by Crippen LogP contribution is 2.31. The zero-order valence-corrected chi connectivity index (χ0v) is 16.7. The van der Waals surface area contributed by atoms with E-state index in [9.17, 15) is 15.0 Å². The summed E-state index contributed by atoms with van der Waals surface area (Å²) in [5.41, 5.74) is 23.6. The van der Waals surface area contributed by atoms with Gasteiger partial charge < -0.3 is 52.3 Å². The van der Waals surface area contributed by atoms with Gasteiger partial charge in [0.05, 0.1) is 36.9 Å². The number of hydrogen-bond donors (Lipinski definition) is 6. The van der Waals surface area contributed by atoms with Crippen LogP contribution in [-0.2, 0) is 19.0 Å². The van der Waals surface area contributed by atoms with Gasteiger partial charge in [0.1, 0.15) is 18.3 Å². The summed E-state index contributed by atoms with van der Waals surface area (Å²) >= 11 is 0. The molecule has 0 spiro atoms. The maximum Gasteiger partial charge on any atom is 0.236 e. The monoisotopic (exact) mass is 405 g/mol. The van der Waals surface area contributed by atoms with E-state index in [2.05, 4.69) is 0 Å². The summed E-state index contributed by atoms with van der Waals surface area (Å²) in [4.78, 5) is 13.3. The van der Waals surface area contributed by atoms with Crippen LogP contribution in [0.4, 0.5) is 0 Å². The van der Waals surface area contributed by atoms with Crippen LogP contribution in [0.1, 0.15) is 19.8 Å². The Morgan fingerprint density at radius 1 is 1.25 bits per heavy atom. The molecule has 1 saturated carbocycles. The molecule has 10 unspecified atom stereocenters. The van der Waals surface area contributed by atoms with E-state index in [0.29, 0.717) is 12.8 Å². The third-order valence-corrected chi connectivity index (χ3v) is 5.74. The van der Waals surface area contributed by atoms with Crippen molar-refractivity contribution < 1.29 is 29.2 Å². The van der Waals surface area contributed by atoms with Crippen LogP contribution >= 0.6 is 0 Å². The molecule has 10 atom stereocenters. The van der Waals surface area contributed by atoms with Crippen LogP contribution in [0.5, 0.6) is 0 Å². The summed E-state index contributed by atoms with van der Waals surface area (Å²) in [5, 5.41) is 21.6. The Labute approximate surface area is 165 Å². The lowest BCUT2D eigenvalue weighted by Gasteiger charge is -2.50. The number of hydrogen-bond acceptors (Lipinski definition) is 10. The van der Waals surface area contributed by atoms with Gasteiger partial charge >= 0.3 is 0 Å². The van der Waals surface area contributed by atoms with Crippen molar-refractivity contribution >= 4 is 5.91 Å². The number of aliphatic hydroxyl groups is 2. The Balaban J connectivity index is 2.23. The van der Waals surface area contributed by atoms with Gasteiger partial charge in [0.25, 0.3) is 0 Å². The first kappa shape index (κ1) is 23.4. The number of likely N-dealkylation sites (N-methyl/N-ethyl adjacent to an activating group) is 1.